The second kappa shape index (κ2) is 7.04. The normalized spacial score (nSPS) is 20.0. The average molecular weight is 342 g/mol. The molecule has 3 rings (SSSR count). The number of aromatic nitrogens is 3. The largest absolute Gasteiger partial charge is 0.481 e. The molecule has 1 fully saturated rings. The summed E-state index contributed by atoms with van der Waals surface area (Å²) in [5.74, 6) is -1.87. The van der Waals surface area contributed by atoms with Gasteiger partial charge in [-0.2, -0.15) is 5.10 Å². The molecular weight excluding hydrogens is 320 g/mol. The van der Waals surface area contributed by atoms with E-state index in [0.717, 1.165) is 24.2 Å². The van der Waals surface area contributed by atoms with Crippen LogP contribution in [0, 0.1) is 12.8 Å². The van der Waals surface area contributed by atoms with Gasteiger partial charge in [-0.1, -0.05) is 6.92 Å². The Morgan fingerprint density at radius 3 is 2.64 bits per heavy atom. The Hall–Kier alpha value is -2.70. The molecule has 2 aromatic rings. The van der Waals surface area contributed by atoms with Crippen LogP contribution in [0.3, 0.4) is 0 Å². The van der Waals surface area contributed by atoms with E-state index < -0.39 is 11.9 Å². The fraction of sp³-hybridized carbons (Fsp3) is 0.444. The number of nitrogens with zero attached hydrogens (tertiary/aromatic N) is 4. The smallest absolute Gasteiger partial charge is 0.308 e. The van der Waals surface area contributed by atoms with Crippen LogP contribution < -0.4 is 0 Å². The zero-order valence-corrected chi connectivity index (χ0v) is 14.4. The van der Waals surface area contributed by atoms with E-state index in [1.807, 2.05) is 23.7 Å². The molecule has 25 heavy (non-hydrogen) atoms. The standard InChI is InChI=1S/C18H22N4O3/c1-3-8-22-12(2)14(9-20-22)17(23)21-10-15(16(11-21)18(24)25)13-4-6-19-7-5-13/h4-7,9,15-16H,3,8,10-11H2,1-2H3,(H,24,25)/t15-,16+/m0/s1. The van der Waals surface area contributed by atoms with Gasteiger partial charge in [-0.05, 0) is 31.0 Å². The SMILES string of the molecule is CCCn1ncc(C(=O)N2C[C@@H](C(=O)O)[C@H](c3ccncc3)C2)c1C. The van der Waals surface area contributed by atoms with Crippen LogP contribution in [-0.4, -0.2) is 49.7 Å². The molecule has 7 nitrogen and oxygen atoms in total. The van der Waals surface area contributed by atoms with Crippen molar-refractivity contribution in [2.24, 2.45) is 5.92 Å². The topological polar surface area (TPSA) is 88.3 Å². The highest BCUT2D eigenvalue weighted by Crippen LogP contribution is 2.33. The fourth-order valence-corrected chi connectivity index (χ4v) is 3.43. The number of amides is 1. The summed E-state index contributed by atoms with van der Waals surface area (Å²) in [6, 6.07) is 3.64. The van der Waals surface area contributed by atoms with Crippen molar-refractivity contribution in [3.05, 3.63) is 47.5 Å². The first-order valence-corrected chi connectivity index (χ1v) is 8.47. The van der Waals surface area contributed by atoms with E-state index in [9.17, 15) is 14.7 Å². The number of aliphatic carboxylic acids is 1. The van der Waals surface area contributed by atoms with Gasteiger partial charge in [0.1, 0.15) is 0 Å². The van der Waals surface area contributed by atoms with Crippen molar-refractivity contribution in [1.82, 2.24) is 19.7 Å². The van der Waals surface area contributed by atoms with Gasteiger partial charge >= 0.3 is 5.97 Å². The van der Waals surface area contributed by atoms with Crippen molar-refractivity contribution in [2.75, 3.05) is 13.1 Å². The van der Waals surface area contributed by atoms with Crippen LogP contribution in [0.1, 0.15) is 40.9 Å². The second-order valence-corrected chi connectivity index (χ2v) is 6.41. The van der Waals surface area contributed by atoms with Crippen LogP contribution in [0.25, 0.3) is 0 Å². The summed E-state index contributed by atoms with van der Waals surface area (Å²) < 4.78 is 1.82. The number of aryl methyl sites for hydroxylation is 1. The lowest BCUT2D eigenvalue weighted by molar-refractivity contribution is -0.141. The molecule has 0 bridgehead atoms. The van der Waals surface area contributed by atoms with Gasteiger partial charge in [0.15, 0.2) is 0 Å². The van der Waals surface area contributed by atoms with Crippen molar-refractivity contribution in [1.29, 1.82) is 0 Å². The van der Waals surface area contributed by atoms with E-state index in [4.69, 9.17) is 0 Å². The van der Waals surface area contributed by atoms with Crippen LogP contribution in [0.2, 0.25) is 0 Å². The Kier molecular flexibility index (Phi) is 4.83. The molecule has 0 spiro atoms. The Balaban J connectivity index is 1.84. The van der Waals surface area contributed by atoms with Crippen LogP contribution >= 0.6 is 0 Å². The molecule has 0 aromatic carbocycles. The van der Waals surface area contributed by atoms with Crippen molar-refractivity contribution >= 4 is 11.9 Å². The van der Waals surface area contributed by atoms with E-state index in [0.29, 0.717) is 12.1 Å². The Morgan fingerprint density at radius 1 is 1.28 bits per heavy atom. The zero-order valence-electron chi connectivity index (χ0n) is 14.4. The van der Waals surface area contributed by atoms with Gasteiger partial charge in [0, 0.05) is 43.6 Å². The van der Waals surface area contributed by atoms with E-state index >= 15 is 0 Å². The molecule has 0 saturated carbocycles. The number of rotatable bonds is 5. The lowest BCUT2D eigenvalue weighted by Crippen LogP contribution is -2.30. The number of hydrogen-bond acceptors (Lipinski definition) is 4. The number of likely N-dealkylation sites (tertiary alicyclic amines) is 1. The van der Waals surface area contributed by atoms with Gasteiger partial charge in [0.05, 0.1) is 17.7 Å². The molecule has 2 aromatic heterocycles. The minimum atomic E-state index is -0.879. The maximum absolute atomic E-state index is 12.9. The molecule has 132 valence electrons. The number of pyridine rings is 1. The predicted octanol–water partition coefficient (Wildman–Crippen LogP) is 1.94. The molecule has 1 aliphatic rings. The third-order valence-corrected chi connectivity index (χ3v) is 4.83. The molecule has 7 heteroatoms. The lowest BCUT2D eigenvalue weighted by Gasteiger charge is -2.16. The fourth-order valence-electron chi connectivity index (χ4n) is 3.43. The van der Waals surface area contributed by atoms with Crippen molar-refractivity contribution < 1.29 is 14.7 Å². The summed E-state index contributed by atoms with van der Waals surface area (Å²) in [5.41, 5.74) is 2.27. The third-order valence-electron chi connectivity index (χ3n) is 4.83. The van der Waals surface area contributed by atoms with Gasteiger partial charge in [-0.25, -0.2) is 0 Å². The number of carboxylic acids is 1. The first kappa shape index (κ1) is 17.1. The van der Waals surface area contributed by atoms with Crippen LogP contribution in [0.15, 0.2) is 30.7 Å². The van der Waals surface area contributed by atoms with Gasteiger partial charge in [0.2, 0.25) is 0 Å². The first-order valence-electron chi connectivity index (χ1n) is 8.47. The first-order chi connectivity index (χ1) is 12.0. The highest BCUT2D eigenvalue weighted by atomic mass is 16.4. The van der Waals surface area contributed by atoms with E-state index in [2.05, 4.69) is 17.0 Å². The summed E-state index contributed by atoms with van der Waals surface area (Å²) in [6.07, 6.45) is 5.82. The van der Waals surface area contributed by atoms with E-state index in [1.165, 1.54) is 0 Å². The molecule has 0 unspecified atom stereocenters. The quantitative estimate of drug-likeness (QED) is 0.897. The second-order valence-electron chi connectivity index (χ2n) is 6.41. The predicted molar refractivity (Wildman–Crippen MR) is 91.3 cm³/mol. The molecule has 1 aliphatic heterocycles. The number of carbonyl (C=O) groups is 2. The molecule has 1 amide bonds. The lowest BCUT2D eigenvalue weighted by atomic mass is 9.90. The number of hydrogen-bond donors (Lipinski definition) is 1. The van der Waals surface area contributed by atoms with Crippen LogP contribution in [0.4, 0.5) is 0 Å². The molecule has 1 saturated heterocycles. The van der Waals surface area contributed by atoms with Crippen molar-refractivity contribution in [2.45, 2.75) is 32.7 Å². The molecule has 1 N–H and O–H groups in total. The Morgan fingerprint density at radius 2 is 2.00 bits per heavy atom. The van der Waals surface area contributed by atoms with Gasteiger partial charge < -0.3 is 10.0 Å². The minimum Gasteiger partial charge on any atom is -0.481 e. The maximum atomic E-state index is 12.9. The van der Waals surface area contributed by atoms with Crippen LogP contribution in [-0.2, 0) is 11.3 Å². The maximum Gasteiger partial charge on any atom is 0.308 e. The molecule has 3 heterocycles. The van der Waals surface area contributed by atoms with Gasteiger partial charge in [-0.15, -0.1) is 0 Å². The highest BCUT2D eigenvalue weighted by Gasteiger charge is 2.41. The van der Waals surface area contributed by atoms with E-state index in [-0.39, 0.29) is 18.4 Å². The number of carboxylic acid groups (broad SMARTS) is 1. The summed E-state index contributed by atoms with van der Waals surface area (Å²) in [5, 5.41) is 13.8. The highest BCUT2D eigenvalue weighted by molar-refractivity contribution is 5.95. The average Bonchev–Trinajstić information content (AvgIpc) is 3.21. The molecule has 0 aliphatic carbocycles. The monoisotopic (exact) mass is 342 g/mol. The Labute approximate surface area is 146 Å². The third kappa shape index (κ3) is 3.26. The molecular formula is C18H22N4O3. The van der Waals surface area contributed by atoms with Crippen molar-refractivity contribution in [3.8, 4) is 0 Å². The van der Waals surface area contributed by atoms with Gasteiger partial charge in [-0.3, -0.25) is 19.3 Å². The van der Waals surface area contributed by atoms with Gasteiger partial charge in [0.25, 0.3) is 5.91 Å². The summed E-state index contributed by atoms with van der Waals surface area (Å²) in [6.45, 7) is 5.29. The number of carbonyl (C=O) groups excluding carboxylic acids is 1. The molecule has 0 radical (unpaired) electrons. The summed E-state index contributed by atoms with van der Waals surface area (Å²) >= 11 is 0. The summed E-state index contributed by atoms with van der Waals surface area (Å²) in [7, 11) is 0. The van der Waals surface area contributed by atoms with Crippen molar-refractivity contribution in [3.63, 3.8) is 0 Å². The summed E-state index contributed by atoms with van der Waals surface area (Å²) in [4.78, 5) is 30.2. The zero-order chi connectivity index (χ0) is 18.0. The molecule has 2 atom stereocenters. The Bertz CT molecular complexity index is 772. The minimum absolute atomic E-state index is 0.150. The van der Waals surface area contributed by atoms with E-state index in [1.54, 1.807) is 23.5 Å². The van der Waals surface area contributed by atoms with Crippen LogP contribution in [0.5, 0.6) is 0 Å².